The molecule has 0 aliphatic rings. The van der Waals surface area contributed by atoms with Gasteiger partial charge < -0.3 is 15.7 Å². The van der Waals surface area contributed by atoms with Crippen molar-refractivity contribution in [1.29, 1.82) is 0 Å². The highest BCUT2D eigenvalue weighted by Gasteiger charge is 2.19. The first-order valence-corrected chi connectivity index (χ1v) is 11.5. The van der Waals surface area contributed by atoms with Crippen LogP contribution < -0.4 is 15.4 Å². The quantitative estimate of drug-likeness (QED) is 0.314. The van der Waals surface area contributed by atoms with Gasteiger partial charge in [0.05, 0.1) is 21.5 Å². The van der Waals surface area contributed by atoms with Gasteiger partial charge in [-0.1, -0.05) is 18.2 Å². The van der Waals surface area contributed by atoms with Crippen LogP contribution >= 0.6 is 0 Å². The van der Waals surface area contributed by atoms with Gasteiger partial charge in [0.25, 0.3) is 10.0 Å². The maximum absolute atomic E-state index is 13.0. The van der Waals surface area contributed by atoms with Crippen molar-refractivity contribution in [3.8, 4) is 0 Å². The van der Waals surface area contributed by atoms with E-state index in [9.17, 15) is 23.1 Å². The molecule has 11 heteroatoms. The van der Waals surface area contributed by atoms with E-state index in [1.54, 1.807) is 36.4 Å². The Kier molecular flexibility index (Phi) is 6.11. The number of nitrogens with zero attached hydrogens (tertiary/aromatic N) is 2. The zero-order chi connectivity index (χ0) is 24.3. The molecule has 0 spiro atoms. The summed E-state index contributed by atoms with van der Waals surface area (Å²) in [5.74, 6) is -1.34. The molecule has 0 bridgehead atoms. The van der Waals surface area contributed by atoms with E-state index in [1.807, 2.05) is 0 Å². The summed E-state index contributed by atoms with van der Waals surface area (Å²) in [4.78, 5) is 31.3. The number of sulfonamides is 1. The topological polar surface area (TPSA) is 150 Å². The highest BCUT2D eigenvalue weighted by atomic mass is 32.2. The number of hydrogen-bond donors (Lipinski definition) is 4. The van der Waals surface area contributed by atoms with Crippen molar-refractivity contribution in [3.63, 3.8) is 0 Å². The number of hydrogen-bond acceptors (Lipinski definition) is 7. The lowest BCUT2D eigenvalue weighted by atomic mass is 10.2. The van der Waals surface area contributed by atoms with Crippen molar-refractivity contribution >= 4 is 55.9 Å². The van der Waals surface area contributed by atoms with E-state index in [0.29, 0.717) is 22.4 Å². The van der Waals surface area contributed by atoms with Crippen LogP contribution in [0.15, 0.2) is 77.7 Å². The SMILES string of the molecule is CC(=O)Nc1ccc(S(=O)(=O)Nc2nc3ccccc3nc2Nc2cccc(C(=O)O)c2)cc1. The minimum absolute atomic E-state index is 0.0459. The maximum atomic E-state index is 13.0. The number of aromatic nitrogens is 2. The largest absolute Gasteiger partial charge is 0.478 e. The van der Waals surface area contributed by atoms with E-state index in [4.69, 9.17) is 0 Å². The molecular formula is C23H19N5O5S. The fourth-order valence-electron chi connectivity index (χ4n) is 3.13. The molecule has 1 heterocycles. The van der Waals surface area contributed by atoms with Crippen LogP contribution in [0.3, 0.4) is 0 Å². The van der Waals surface area contributed by atoms with Crippen LogP contribution in [0.2, 0.25) is 0 Å². The number of benzene rings is 3. The van der Waals surface area contributed by atoms with Gasteiger partial charge in [0, 0.05) is 18.3 Å². The first-order chi connectivity index (χ1) is 16.2. The van der Waals surface area contributed by atoms with Gasteiger partial charge in [0.15, 0.2) is 11.6 Å². The molecule has 1 aromatic heterocycles. The van der Waals surface area contributed by atoms with Crippen LogP contribution in [0, 0.1) is 0 Å². The zero-order valence-electron chi connectivity index (χ0n) is 17.8. The summed E-state index contributed by atoms with van der Waals surface area (Å²) < 4.78 is 28.5. The van der Waals surface area contributed by atoms with E-state index in [1.165, 1.54) is 43.3 Å². The molecule has 4 N–H and O–H groups in total. The van der Waals surface area contributed by atoms with Crippen molar-refractivity contribution < 1.29 is 23.1 Å². The Bertz CT molecular complexity index is 1500. The minimum Gasteiger partial charge on any atom is -0.478 e. The number of carbonyl (C=O) groups excluding carboxylic acids is 1. The number of carboxylic acids is 1. The lowest BCUT2D eigenvalue weighted by molar-refractivity contribution is -0.114. The van der Waals surface area contributed by atoms with Gasteiger partial charge >= 0.3 is 5.97 Å². The second kappa shape index (κ2) is 9.16. The average molecular weight is 478 g/mol. The summed E-state index contributed by atoms with van der Waals surface area (Å²) in [5.41, 5.74) is 1.88. The molecule has 10 nitrogen and oxygen atoms in total. The summed E-state index contributed by atoms with van der Waals surface area (Å²) in [6.45, 7) is 1.35. The third kappa shape index (κ3) is 5.10. The third-order valence-electron chi connectivity index (χ3n) is 4.66. The fourth-order valence-corrected chi connectivity index (χ4v) is 4.14. The average Bonchev–Trinajstić information content (AvgIpc) is 2.79. The Balaban J connectivity index is 1.71. The van der Waals surface area contributed by atoms with Crippen LogP contribution in [0.4, 0.5) is 23.0 Å². The number of carbonyl (C=O) groups is 2. The van der Waals surface area contributed by atoms with E-state index >= 15 is 0 Å². The zero-order valence-corrected chi connectivity index (χ0v) is 18.6. The molecule has 0 unspecified atom stereocenters. The molecule has 0 saturated carbocycles. The molecule has 0 saturated heterocycles. The predicted molar refractivity (Wildman–Crippen MR) is 128 cm³/mol. The number of amides is 1. The Labute approximate surface area is 194 Å². The molecule has 4 aromatic rings. The number of fused-ring (bicyclic) bond motifs is 1. The van der Waals surface area contributed by atoms with Crippen LogP contribution in [-0.4, -0.2) is 35.4 Å². The van der Waals surface area contributed by atoms with Gasteiger partial charge in [-0.25, -0.2) is 23.2 Å². The first kappa shape index (κ1) is 22.7. The van der Waals surface area contributed by atoms with E-state index < -0.39 is 16.0 Å². The molecular weight excluding hydrogens is 458 g/mol. The Morgan fingerprint density at radius 3 is 2.09 bits per heavy atom. The molecule has 0 aliphatic heterocycles. The number of nitrogens with one attached hydrogen (secondary N) is 3. The summed E-state index contributed by atoms with van der Waals surface area (Å²) in [7, 11) is -4.06. The van der Waals surface area contributed by atoms with Crippen molar-refractivity contribution in [1.82, 2.24) is 9.97 Å². The van der Waals surface area contributed by atoms with Gasteiger partial charge in [0.1, 0.15) is 0 Å². The third-order valence-corrected chi connectivity index (χ3v) is 6.01. The molecule has 0 atom stereocenters. The lowest BCUT2D eigenvalue weighted by Crippen LogP contribution is -2.16. The second-order valence-electron chi connectivity index (χ2n) is 7.23. The van der Waals surface area contributed by atoms with Gasteiger partial charge in [-0.15, -0.1) is 0 Å². The molecule has 3 aromatic carbocycles. The first-order valence-electron chi connectivity index (χ1n) is 9.99. The monoisotopic (exact) mass is 477 g/mol. The van der Waals surface area contributed by atoms with Gasteiger partial charge in [-0.05, 0) is 54.6 Å². The van der Waals surface area contributed by atoms with Crippen molar-refractivity contribution in [2.45, 2.75) is 11.8 Å². The second-order valence-corrected chi connectivity index (χ2v) is 8.91. The standard InChI is InChI=1S/C23H19N5O5S/c1-14(29)24-16-9-11-18(12-10-16)34(32,33)28-22-21(26-19-7-2-3-8-20(19)27-22)25-17-6-4-5-15(13-17)23(30)31/h2-13H,1H3,(H,24,29)(H,25,26)(H,27,28)(H,30,31). The van der Waals surface area contributed by atoms with E-state index in [0.717, 1.165) is 0 Å². The van der Waals surface area contributed by atoms with Crippen molar-refractivity contribution in [2.24, 2.45) is 0 Å². The molecule has 0 aliphatic carbocycles. The number of aromatic carboxylic acids is 1. The van der Waals surface area contributed by atoms with Crippen LogP contribution in [0.5, 0.6) is 0 Å². The lowest BCUT2D eigenvalue weighted by Gasteiger charge is -2.14. The highest BCUT2D eigenvalue weighted by molar-refractivity contribution is 7.92. The van der Waals surface area contributed by atoms with E-state index in [2.05, 4.69) is 25.3 Å². The van der Waals surface area contributed by atoms with Gasteiger partial charge in [-0.2, -0.15) is 0 Å². The van der Waals surface area contributed by atoms with Crippen molar-refractivity contribution in [2.75, 3.05) is 15.4 Å². The molecule has 1 amide bonds. The Morgan fingerprint density at radius 1 is 0.824 bits per heavy atom. The highest BCUT2D eigenvalue weighted by Crippen LogP contribution is 2.27. The van der Waals surface area contributed by atoms with Gasteiger partial charge in [-0.3, -0.25) is 9.52 Å². The fraction of sp³-hybridized carbons (Fsp3) is 0.0435. The number of rotatable bonds is 7. The smallest absolute Gasteiger partial charge is 0.335 e. The summed E-state index contributed by atoms with van der Waals surface area (Å²) in [6.07, 6.45) is 0. The number of carboxylic acid groups (broad SMARTS) is 1. The molecule has 34 heavy (non-hydrogen) atoms. The maximum Gasteiger partial charge on any atom is 0.335 e. The van der Waals surface area contributed by atoms with Crippen LogP contribution in [0.25, 0.3) is 11.0 Å². The molecule has 0 radical (unpaired) electrons. The summed E-state index contributed by atoms with van der Waals surface area (Å²) in [6, 6.07) is 18.6. The van der Waals surface area contributed by atoms with Crippen LogP contribution in [0.1, 0.15) is 17.3 Å². The van der Waals surface area contributed by atoms with E-state index in [-0.39, 0.29) is 28.0 Å². The van der Waals surface area contributed by atoms with Crippen molar-refractivity contribution in [3.05, 3.63) is 78.4 Å². The predicted octanol–water partition coefficient (Wildman–Crippen LogP) is 3.83. The minimum atomic E-state index is -4.06. The molecule has 172 valence electrons. The molecule has 0 fully saturated rings. The Hall–Kier alpha value is -4.51. The van der Waals surface area contributed by atoms with Crippen LogP contribution in [-0.2, 0) is 14.8 Å². The normalized spacial score (nSPS) is 11.1. The molecule has 4 rings (SSSR count). The summed E-state index contributed by atoms with van der Waals surface area (Å²) >= 11 is 0. The number of anilines is 4. The summed E-state index contributed by atoms with van der Waals surface area (Å²) in [5, 5.41) is 14.8. The Morgan fingerprint density at radius 2 is 1.47 bits per heavy atom. The van der Waals surface area contributed by atoms with Gasteiger partial charge in [0.2, 0.25) is 5.91 Å². The number of para-hydroxylation sites is 2.